The third-order valence-electron chi connectivity index (χ3n) is 7.12. The van der Waals surface area contributed by atoms with Crippen LogP contribution in [0.3, 0.4) is 0 Å². The van der Waals surface area contributed by atoms with E-state index in [1.807, 2.05) is 23.1 Å². The minimum absolute atomic E-state index is 0.0664. The first-order valence-electron chi connectivity index (χ1n) is 12.2. The number of nitrogens with one attached hydrogen (secondary N) is 1. The van der Waals surface area contributed by atoms with Crippen LogP contribution in [0.25, 0.3) is 22.7 Å². The van der Waals surface area contributed by atoms with Crippen LogP contribution in [0.15, 0.2) is 24.4 Å². The van der Waals surface area contributed by atoms with Gasteiger partial charge >= 0.3 is 0 Å². The normalized spacial score (nSPS) is 21.3. The van der Waals surface area contributed by atoms with Crippen molar-refractivity contribution in [2.75, 3.05) is 49.1 Å². The summed E-state index contributed by atoms with van der Waals surface area (Å²) in [6, 6.07) is 5.91. The number of H-pyrrole nitrogens is 1. The number of fused-ring (bicyclic) bond motifs is 1. The van der Waals surface area contributed by atoms with E-state index >= 15 is 0 Å². The van der Waals surface area contributed by atoms with E-state index in [1.165, 1.54) is 12.8 Å². The van der Waals surface area contributed by atoms with Gasteiger partial charge in [0.15, 0.2) is 11.5 Å². The summed E-state index contributed by atoms with van der Waals surface area (Å²) in [6.45, 7) is 5.50. The molecular weight excluding hydrogens is 416 g/mol. The van der Waals surface area contributed by atoms with Crippen molar-refractivity contribution in [3.8, 4) is 11.5 Å². The van der Waals surface area contributed by atoms with Crippen molar-refractivity contribution in [1.82, 2.24) is 29.8 Å². The molecule has 3 aliphatic rings. The van der Waals surface area contributed by atoms with Gasteiger partial charge in [0.25, 0.3) is 0 Å². The number of rotatable bonds is 4. The molecule has 0 bridgehead atoms. The molecule has 1 atom stereocenters. The Morgan fingerprint density at radius 2 is 1.67 bits per heavy atom. The lowest BCUT2D eigenvalue weighted by molar-refractivity contribution is -0.134. The van der Waals surface area contributed by atoms with Gasteiger partial charge < -0.3 is 19.7 Å². The van der Waals surface area contributed by atoms with Crippen LogP contribution in [0, 0.1) is 5.92 Å². The fourth-order valence-corrected chi connectivity index (χ4v) is 5.31. The largest absolute Gasteiger partial charge is 0.356 e. The molecule has 0 spiro atoms. The van der Waals surface area contributed by atoms with Gasteiger partial charge in [-0.1, -0.05) is 0 Å². The number of amides is 1. The van der Waals surface area contributed by atoms with E-state index in [0.717, 1.165) is 93.6 Å². The van der Waals surface area contributed by atoms with Crippen molar-refractivity contribution in [3.63, 3.8) is 0 Å². The highest BCUT2D eigenvalue weighted by Crippen LogP contribution is 2.27. The molecule has 3 fully saturated rings. The molecule has 3 saturated heterocycles. The highest BCUT2D eigenvalue weighted by atomic mass is 16.2. The van der Waals surface area contributed by atoms with E-state index in [0.29, 0.717) is 11.7 Å². The molecule has 33 heavy (non-hydrogen) atoms. The first-order valence-corrected chi connectivity index (χ1v) is 12.2. The summed E-state index contributed by atoms with van der Waals surface area (Å²) in [7, 11) is 0. The Balaban J connectivity index is 1.22. The van der Waals surface area contributed by atoms with Gasteiger partial charge in [0, 0.05) is 45.5 Å². The number of pyridine rings is 1. The zero-order valence-electron chi connectivity index (χ0n) is 18.9. The summed E-state index contributed by atoms with van der Waals surface area (Å²) < 4.78 is 0. The Morgan fingerprint density at radius 1 is 0.879 bits per heavy atom. The zero-order chi connectivity index (χ0) is 22.2. The lowest BCUT2D eigenvalue weighted by Gasteiger charge is -2.34. The molecule has 9 heteroatoms. The second kappa shape index (κ2) is 8.61. The maximum Gasteiger partial charge on any atom is 0.227 e. The predicted octanol–water partition coefficient (Wildman–Crippen LogP) is 2.85. The van der Waals surface area contributed by atoms with E-state index in [4.69, 9.17) is 15.0 Å². The minimum Gasteiger partial charge on any atom is -0.356 e. The molecule has 0 saturated carbocycles. The summed E-state index contributed by atoms with van der Waals surface area (Å²) in [4.78, 5) is 41.6. The fourth-order valence-electron chi connectivity index (χ4n) is 5.31. The standard InChI is InChI=1S/C24H30N8O/c33-23(30-11-1-2-12-30)17-6-5-15-32(16-17)20-8-7-18-22(28-20)29-21(26-18)19-9-10-25-24(27-19)31-13-3-4-14-31/h7-10,17H,1-6,11-16H2,(H,26,28,29). The van der Waals surface area contributed by atoms with Crippen molar-refractivity contribution in [2.45, 2.75) is 38.5 Å². The molecule has 1 N–H and O–H groups in total. The predicted molar refractivity (Wildman–Crippen MR) is 127 cm³/mol. The highest BCUT2D eigenvalue weighted by molar-refractivity contribution is 5.80. The molecule has 3 aromatic heterocycles. The number of likely N-dealkylation sites (tertiary alicyclic amines) is 1. The lowest BCUT2D eigenvalue weighted by Crippen LogP contribution is -2.44. The van der Waals surface area contributed by atoms with E-state index in [1.54, 1.807) is 6.20 Å². The molecule has 6 rings (SSSR count). The number of carbonyl (C=O) groups excluding carboxylic acids is 1. The summed E-state index contributed by atoms with van der Waals surface area (Å²) >= 11 is 0. The van der Waals surface area contributed by atoms with Crippen molar-refractivity contribution in [2.24, 2.45) is 5.92 Å². The quantitative estimate of drug-likeness (QED) is 0.659. The molecule has 6 heterocycles. The van der Waals surface area contributed by atoms with Crippen LogP contribution < -0.4 is 9.80 Å². The third-order valence-corrected chi connectivity index (χ3v) is 7.12. The molecule has 9 nitrogen and oxygen atoms in total. The van der Waals surface area contributed by atoms with Crippen LogP contribution >= 0.6 is 0 Å². The van der Waals surface area contributed by atoms with Crippen LogP contribution in [0.4, 0.5) is 11.8 Å². The van der Waals surface area contributed by atoms with E-state index < -0.39 is 0 Å². The molecule has 0 radical (unpaired) electrons. The SMILES string of the molecule is O=C(C1CCCN(c2ccc3nc(-c4ccnc(N5CCCC5)n4)[nH]c3n2)C1)N1CCCC1. The number of nitrogens with zero attached hydrogens (tertiary/aromatic N) is 7. The Labute approximate surface area is 193 Å². The molecule has 0 aromatic carbocycles. The smallest absolute Gasteiger partial charge is 0.227 e. The van der Waals surface area contributed by atoms with Gasteiger partial charge in [-0.2, -0.15) is 0 Å². The van der Waals surface area contributed by atoms with Crippen LogP contribution in [0.1, 0.15) is 38.5 Å². The highest BCUT2D eigenvalue weighted by Gasteiger charge is 2.31. The Hall–Kier alpha value is -3.23. The average Bonchev–Trinajstić information content (AvgIpc) is 3.65. The van der Waals surface area contributed by atoms with Gasteiger partial charge in [-0.25, -0.2) is 19.9 Å². The van der Waals surface area contributed by atoms with Gasteiger partial charge in [-0.05, 0) is 56.7 Å². The number of imidazole rings is 1. The molecule has 1 amide bonds. The number of carbonyl (C=O) groups is 1. The summed E-state index contributed by atoms with van der Waals surface area (Å²) in [5.41, 5.74) is 2.34. The molecule has 172 valence electrons. The molecule has 0 aliphatic carbocycles. The molecule has 1 unspecified atom stereocenters. The van der Waals surface area contributed by atoms with E-state index in [9.17, 15) is 4.79 Å². The van der Waals surface area contributed by atoms with Gasteiger partial charge in [0.05, 0.1) is 5.92 Å². The Bertz CT molecular complexity index is 1150. The molecule has 3 aromatic rings. The number of anilines is 2. The number of aromatic nitrogens is 5. The first kappa shape index (κ1) is 20.4. The Kier molecular flexibility index (Phi) is 5.32. The van der Waals surface area contributed by atoms with Crippen LogP contribution in [-0.4, -0.2) is 75.0 Å². The minimum atomic E-state index is 0.0664. The average molecular weight is 447 g/mol. The van der Waals surface area contributed by atoms with E-state index in [-0.39, 0.29) is 5.92 Å². The van der Waals surface area contributed by atoms with Gasteiger partial charge in [-0.3, -0.25) is 4.79 Å². The second-order valence-corrected chi connectivity index (χ2v) is 9.38. The number of piperidine rings is 1. The Morgan fingerprint density at radius 3 is 2.52 bits per heavy atom. The zero-order valence-corrected chi connectivity index (χ0v) is 18.9. The summed E-state index contributed by atoms with van der Waals surface area (Å²) in [5, 5.41) is 0. The monoisotopic (exact) mass is 446 g/mol. The van der Waals surface area contributed by atoms with Crippen LogP contribution in [-0.2, 0) is 4.79 Å². The van der Waals surface area contributed by atoms with Crippen molar-refractivity contribution < 1.29 is 4.79 Å². The first-order chi connectivity index (χ1) is 16.2. The fraction of sp³-hybridized carbons (Fsp3) is 0.542. The molecular formula is C24H30N8O. The maximum atomic E-state index is 12.9. The van der Waals surface area contributed by atoms with Crippen molar-refractivity contribution >= 4 is 28.8 Å². The summed E-state index contributed by atoms with van der Waals surface area (Å²) in [6.07, 6.45) is 8.42. The van der Waals surface area contributed by atoms with Crippen LogP contribution in [0.2, 0.25) is 0 Å². The third kappa shape index (κ3) is 4.00. The molecule has 3 aliphatic heterocycles. The number of hydrogen-bond donors (Lipinski definition) is 1. The second-order valence-electron chi connectivity index (χ2n) is 9.38. The van der Waals surface area contributed by atoms with Crippen LogP contribution in [0.5, 0.6) is 0 Å². The topological polar surface area (TPSA) is 94.1 Å². The number of aromatic amines is 1. The van der Waals surface area contributed by atoms with Gasteiger partial charge in [0.2, 0.25) is 11.9 Å². The van der Waals surface area contributed by atoms with Gasteiger partial charge in [0.1, 0.15) is 17.0 Å². The van der Waals surface area contributed by atoms with Crippen molar-refractivity contribution in [1.29, 1.82) is 0 Å². The lowest BCUT2D eigenvalue weighted by atomic mass is 9.96. The number of hydrogen-bond acceptors (Lipinski definition) is 7. The maximum absolute atomic E-state index is 12.9. The van der Waals surface area contributed by atoms with Gasteiger partial charge in [-0.15, -0.1) is 0 Å². The van der Waals surface area contributed by atoms with E-state index in [2.05, 4.69) is 19.8 Å². The van der Waals surface area contributed by atoms with Crippen molar-refractivity contribution in [3.05, 3.63) is 24.4 Å². The summed E-state index contributed by atoms with van der Waals surface area (Å²) in [5.74, 6) is 2.76.